The Bertz CT molecular complexity index is 383. The average molecular weight is 250 g/mol. The minimum absolute atomic E-state index is 0.218. The standard InChI is InChI=1S/C14H26N4/c1-10(2)17-7-5-6-12(15)14(17)13-8-16-9-18(13)11(3)4/h8-12,14H,5-7,15H2,1-4H3. The van der Waals surface area contributed by atoms with Crippen molar-refractivity contribution >= 4 is 0 Å². The molecular weight excluding hydrogens is 224 g/mol. The van der Waals surface area contributed by atoms with Crippen molar-refractivity contribution in [3.8, 4) is 0 Å². The Kier molecular flexibility index (Phi) is 4.07. The van der Waals surface area contributed by atoms with Crippen molar-refractivity contribution in [3.05, 3.63) is 18.2 Å². The number of hydrogen-bond acceptors (Lipinski definition) is 3. The maximum Gasteiger partial charge on any atom is 0.0951 e. The topological polar surface area (TPSA) is 47.1 Å². The van der Waals surface area contributed by atoms with E-state index >= 15 is 0 Å². The van der Waals surface area contributed by atoms with E-state index in [0.717, 1.165) is 13.0 Å². The normalized spacial score (nSPS) is 26.2. The third kappa shape index (κ3) is 2.45. The average Bonchev–Trinajstić information content (AvgIpc) is 2.77. The van der Waals surface area contributed by atoms with Gasteiger partial charge in [0.2, 0.25) is 0 Å². The lowest BCUT2D eigenvalue weighted by Gasteiger charge is -2.42. The summed E-state index contributed by atoms with van der Waals surface area (Å²) in [5.41, 5.74) is 7.65. The molecule has 2 atom stereocenters. The summed E-state index contributed by atoms with van der Waals surface area (Å²) in [6, 6.07) is 1.49. The molecule has 0 saturated carbocycles. The summed E-state index contributed by atoms with van der Waals surface area (Å²) in [6.45, 7) is 10.0. The number of rotatable bonds is 3. The fraction of sp³-hybridized carbons (Fsp3) is 0.786. The summed E-state index contributed by atoms with van der Waals surface area (Å²) in [5, 5.41) is 0. The van der Waals surface area contributed by atoms with E-state index in [2.05, 4.69) is 42.1 Å². The largest absolute Gasteiger partial charge is 0.331 e. The zero-order valence-electron chi connectivity index (χ0n) is 12.0. The lowest BCUT2D eigenvalue weighted by molar-refractivity contribution is 0.0887. The molecule has 0 aromatic carbocycles. The molecule has 1 aliphatic heterocycles. The van der Waals surface area contributed by atoms with Crippen LogP contribution in [0.4, 0.5) is 0 Å². The molecule has 1 fully saturated rings. The van der Waals surface area contributed by atoms with Crippen LogP contribution in [0.1, 0.15) is 58.3 Å². The van der Waals surface area contributed by atoms with Crippen molar-refractivity contribution in [1.82, 2.24) is 14.5 Å². The van der Waals surface area contributed by atoms with E-state index in [0.29, 0.717) is 18.1 Å². The molecule has 2 N–H and O–H groups in total. The molecule has 2 heterocycles. The van der Waals surface area contributed by atoms with Gasteiger partial charge in [-0.1, -0.05) is 0 Å². The van der Waals surface area contributed by atoms with Crippen LogP contribution in [-0.2, 0) is 0 Å². The molecule has 4 heteroatoms. The number of nitrogens with two attached hydrogens (primary N) is 1. The molecule has 0 spiro atoms. The number of piperidine rings is 1. The molecular formula is C14H26N4. The zero-order chi connectivity index (χ0) is 13.3. The first-order valence-electron chi connectivity index (χ1n) is 7.05. The van der Waals surface area contributed by atoms with Gasteiger partial charge in [0.15, 0.2) is 0 Å². The number of imidazole rings is 1. The fourth-order valence-corrected chi connectivity index (χ4v) is 3.00. The third-order valence-electron chi connectivity index (χ3n) is 3.94. The van der Waals surface area contributed by atoms with Crippen molar-refractivity contribution in [1.29, 1.82) is 0 Å². The summed E-state index contributed by atoms with van der Waals surface area (Å²) in [7, 11) is 0. The lowest BCUT2D eigenvalue weighted by Crippen LogP contribution is -2.49. The van der Waals surface area contributed by atoms with E-state index in [1.807, 2.05) is 12.5 Å². The highest BCUT2D eigenvalue weighted by Gasteiger charge is 2.34. The molecule has 1 aliphatic rings. The molecule has 1 aromatic heterocycles. The monoisotopic (exact) mass is 250 g/mol. The van der Waals surface area contributed by atoms with E-state index in [1.165, 1.54) is 12.1 Å². The van der Waals surface area contributed by atoms with E-state index in [4.69, 9.17) is 5.73 Å². The number of nitrogens with zero attached hydrogens (tertiary/aromatic N) is 3. The molecule has 102 valence electrons. The van der Waals surface area contributed by atoms with Crippen LogP contribution in [0.15, 0.2) is 12.5 Å². The highest BCUT2D eigenvalue weighted by Crippen LogP contribution is 2.32. The van der Waals surface area contributed by atoms with Gasteiger partial charge in [-0.15, -0.1) is 0 Å². The van der Waals surface area contributed by atoms with E-state index in [1.54, 1.807) is 0 Å². The van der Waals surface area contributed by atoms with E-state index in [9.17, 15) is 0 Å². The van der Waals surface area contributed by atoms with Gasteiger partial charge in [0.1, 0.15) is 0 Å². The van der Waals surface area contributed by atoms with Crippen LogP contribution >= 0.6 is 0 Å². The molecule has 2 rings (SSSR count). The molecule has 18 heavy (non-hydrogen) atoms. The molecule has 0 aliphatic carbocycles. The summed E-state index contributed by atoms with van der Waals surface area (Å²) < 4.78 is 2.26. The van der Waals surface area contributed by atoms with Crippen molar-refractivity contribution < 1.29 is 0 Å². The van der Waals surface area contributed by atoms with E-state index < -0.39 is 0 Å². The van der Waals surface area contributed by atoms with Gasteiger partial charge in [0.25, 0.3) is 0 Å². The minimum atomic E-state index is 0.218. The lowest BCUT2D eigenvalue weighted by atomic mass is 9.93. The minimum Gasteiger partial charge on any atom is -0.331 e. The molecule has 1 saturated heterocycles. The van der Waals surface area contributed by atoms with Crippen LogP contribution in [0.5, 0.6) is 0 Å². The van der Waals surface area contributed by atoms with Crippen LogP contribution < -0.4 is 5.73 Å². The van der Waals surface area contributed by atoms with Gasteiger partial charge in [-0.3, -0.25) is 4.90 Å². The Labute approximate surface area is 110 Å². The zero-order valence-corrected chi connectivity index (χ0v) is 12.0. The Hall–Kier alpha value is -0.870. The van der Waals surface area contributed by atoms with Gasteiger partial charge in [0.05, 0.1) is 18.1 Å². The van der Waals surface area contributed by atoms with Gasteiger partial charge in [-0.2, -0.15) is 0 Å². The Morgan fingerprint density at radius 3 is 2.61 bits per heavy atom. The predicted octanol–water partition coefficient (Wildman–Crippen LogP) is 2.34. The maximum atomic E-state index is 6.38. The van der Waals surface area contributed by atoms with Crippen molar-refractivity contribution in [2.45, 2.75) is 64.7 Å². The molecule has 0 amide bonds. The van der Waals surface area contributed by atoms with Crippen LogP contribution in [0.3, 0.4) is 0 Å². The van der Waals surface area contributed by atoms with Crippen LogP contribution in [-0.4, -0.2) is 33.1 Å². The second-order valence-electron chi connectivity index (χ2n) is 5.90. The molecule has 1 aromatic rings. The van der Waals surface area contributed by atoms with Gasteiger partial charge >= 0.3 is 0 Å². The smallest absolute Gasteiger partial charge is 0.0951 e. The van der Waals surface area contributed by atoms with Gasteiger partial charge in [-0.25, -0.2) is 4.98 Å². The highest BCUT2D eigenvalue weighted by molar-refractivity contribution is 5.12. The third-order valence-corrected chi connectivity index (χ3v) is 3.94. The second kappa shape index (κ2) is 5.41. The van der Waals surface area contributed by atoms with Crippen molar-refractivity contribution in [3.63, 3.8) is 0 Å². The van der Waals surface area contributed by atoms with Gasteiger partial charge < -0.3 is 10.3 Å². The van der Waals surface area contributed by atoms with Crippen LogP contribution in [0, 0.1) is 0 Å². The van der Waals surface area contributed by atoms with Crippen molar-refractivity contribution in [2.75, 3.05) is 6.54 Å². The first kappa shape index (κ1) is 13.6. The Morgan fingerprint density at radius 1 is 1.28 bits per heavy atom. The van der Waals surface area contributed by atoms with Crippen LogP contribution in [0.2, 0.25) is 0 Å². The quantitative estimate of drug-likeness (QED) is 0.895. The first-order valence-corrected chi connectivity index (χ1v) is 7.05. The molecule has 4 nitrogen and oxygen atoms in total. The number of hydrogen-bond donors (Lipinski definition) is 1. The molecule has 0 radical (unpaired) electrons. The Balaban J connectivity index is 2.34. The van der Waals surface area contributed by atoms with E-state index in [-0.39, 0.29) is 6.04 Å². The van der Waals surface area contributed by atoms with Crippen LogP contribution in [0.25, 0.3) is 0 Å². The first-order chi connectivity index (χ1) is 8.52. The summed E-state index contributed by atoms with van der Waals surface area (Å²) in [6.07, 6.45) is 6.23. The van der Waals surface area contributed by atoms with Gasteiger partial charge in [0, 0.05) is 24.3 Å². The highest BCUT2D eigenvalue weighted by atomic mass is 15.2. The molecule has 2 unspecified atom stereocenters. The molecule has 0 bridgehead atoms. The summed E-state index contributed by atoms with van der Waals surface area (Å²) in [5.74, 6) is 0. The summed E-state index contributed by atoms with van der Waals surface area (Å²) >= 11 is 0. The Morgan fingerprint density at radius 2 is 2.00 bits per heavy atom. The second-order valence-corrected chi connectivity index (χ2v) is 5.90. The van der Waals surface area contributed by atoms with Gasteiger partial charge in [-0.05, 0) is 47.1 Å². The SMILES string of the molecule is CC(C)N1CCCC(N)C1c1cncn1C(C)C. The van der Waals surface area contributed by atoms with Crippen molar-refractivity contribution in [2.24, 2.45) is 5.73 Å². The predicted molar refractivity (Wildman–Crippen MR) is 74.4 cm³/mol. The summed E-state index contributed by atoms with van der Waals surface area (Å²) in [4.78, 5) is 6.85. The maximum absolute atomic E-state index is 6.38. The number of aromatic nitrogens is 2. The fourth-order valence-electron chi connectivity index (χ4n) is 3.00. The number of likely N-dealkylation sites (tertiary alicyclic amines) is 1.